The summed E-state index contributed by atoms with van der Waals surface area (Å²) >= 11 is 0. The molecular formula is C24H21N7O. The molecule has 1 atom stereocenters. The van der Waals surface area contributed by atoms with E-state index in [9.17, 15) is 4.79 Å². The molecule has 0 aliphatic carbocycles. The summed E-state index contributed by atoms with van der Waals surface area (Å²) in [5, 5.41) is 11.0. The van der Waals surface area contributed by atoms with Gasteiger partial charge in [-0.2, -0.15) is 4.98 Å². The van der Waals surface area contributed by atoms with E-state index in [4.69, 9.17) is 10.1 Å². The van der Waals surface area contributed by atoms with Crippen LogP contribution in [-0.4, -0.2) is 30.6 Å². The quantitative estimate of drug-likeness (QED) is 0.515. The fourth-order valence-corrected chi connectivity index (χ4v) is 3.87. The van der Waals surface area contributed by atoms with Crippen molar-refractivity contribution in [2.24, 2.45) is 0 Å². The molecule has 4 heterocycles. The largest absolute Gasteiger partial charge is 0.328 e. The van der Waals surface area contributed by atoms with E-state index in [0.717, 1.165) is 16.7 Å². The molecule has 1 aliphatic heterocycles. The molecule has 5 rings (SSSR count). The van der Waals surface area contributed by atoms with Crippen LogP contribution < -0.4 is 10.6 Å². The summed E-state index contributed by atoms with van der Waals surface area (Å²) in [6.07, 6.45) is 6.70. The van der Waals surface area contributed by atoms with Crippen molar-refractivity contribution in [1.29, 1.82) is 0 Å². The highest BCUT2D eigenvalue weighted by Gasteiger charge is 2.34. The van der Waals surface area contributed by atoms with Crippen LogP contribution in [0.5, 0.6) is 0 Å². The van der Waals surface area contributed by atoms with Crippen LogP contribution in [0, 0.1) is 6.92 Å². The standard InChI is InChI=1S/C24H21N7O/c1-15-6-3-4-8-19(15)22-29-24-27-16(2)20(23(32)28-18-7-5-11-26-14-18)21(31(24)30-22)17-9-12-25-13-10-17/h3-14,21H,1-2H3,(H,28,32)(H,27,29,30). The van der Waals surface area contributed by atoms with Crippen molar-refractivity contribution in [2.75, 3.05) is 10.6 Å². The van der Waals surface area contributed by atoms with Crippen LogP contribution in [0.15, 0.2) is 84.6 Å². The third-order valence-electron chi connectivity index (χ3n) is 5.42. The third-order valence-corrected chi connectivity index (χ3v) is 5.42. The molecule has 8 nitrogen and oxygen atoms in total. The van der Waals surface area contributed by atoms with E-state index in [2.05, 4.69) is 20.6 Å². The van der Waals surface area contributed by atoms with Gasteiger partial charge in [-0.3, -0.25) is 14.8 Å². The molecule has 0 saturated carbocycles. The van der Waals surface area contributed by atoms with Crippen LogP contribution in [0.4, 0.5) is 11.6 Å². The SMILES string of the molecule is CC1=C(C(=O)Nc2cccnc2)C(c2ccncc2)n2nc(-c3ccccc3C)nc2N1. The van der Waals surface area contributed by atoms with Crippen molar-refractivity contribution in [1.82, 2.24) is 24.7 Å². The summed E-state index contributed by atoms with van der Waals surface area (Å²) in [5.74, 6) is 0.954. The molecule has 1 amide bonds. The Morgan fingerprint density at radius 3 is 2.56 bits per heavy atom. The van der Waals surface area contributed by atoms with Crippen LogP contribution in [0.3, 0.4) is 0 Å². The highest BCUT2D eigenvalue weighted by Crippen LogP contribution is 2.36. The van der Waals surface area contributed by atoms with Crippen LogP contribution in [0.1, 0.15) is 24.1 Å². The number of anilines is 2. The molecule has 0 saturated heterocycles. The van der Waals surface area contributed by atoms with Gasteiger partial charge in [0.1, 0.15) is 6.04 Å². The third kappa shape index (κ3) is 3.51. The van der Waals surface area contributed by atoms with Gasteiger partial charge in [0.2, 0.25) is 5.95 Å². The first-order valence-corrected chi connectivity index (χ1v) is 10.2. The molecule has 3 aromatic heterocycles. The summed E-state index contributed by atoms with van der Waals surface area (Å²) in [6, 6.07) is 14.9. The average molecular weight is 423 g/mol. The van der Waals surface area contributed by atoms with Gasteiger partial charge in [-0.1, -0.05) is 24.3 Å². The molecule has 1 aliphatic rings. The van der Waals surface area contributed by atoms with Crippen molar-refractivity contribution in [3.8, 4) is 11.4 Å². The normalized spacial score (nSPS) is 15.1. The van der Waals surface area contributed by atoms with Crippen molar-refractivity contribution < 1.29 is 4.79 Å². The van der Waals surface area contributed by atoms with Gasteiger partial charge in [0.05, 0.1) is 17.5 Å². The van der Waals surface area contributed by atoms with Crippen molar-refractivity contribution in [3.05, 3.63) is 95.7 Å². The Hall–Kier alpha value is -4.33. The molecule has 0 spiro atoms. The molecule has 32 heavy (non-hydrogen) atoms. The predicted molar refractivity (Wildman–Crippen MR) is 122 cm³/mol. The Morgan fingerprint density at radius 1 is 1.00 bits per heavy atom. The highest BCUT2D eigenvalue weighted by atomic mass is 16.1. The summed E-state index contributed by atoms with van der Waals surface area (Å²) in [5.41, 5.74) is 4.80. The molecule has 4 aromatic rings. The van der Waals surface area contributed by atoms with Gasteiger partial charge in [0.15, 0.2) is 5.82 Å². The Balaban J connectivity index is 1.61. The number of allylic oxidation sites excluding steroid dienone is 1. The number of nitrogens with zero attached hydrogens (tertiary/aromatic N) is 5. The average Bonchev–Trinajstić information content (AvgIpc) is 3.23. The number of carbonyl (C=O) groups excluding carboxylic acids is 1. The maximum absolute atomic E-state index is 13.4. The first-order valence-electron chi connectivity index (χ1n) is 10.2. The Labute approximate surface area is 185 Å². The number of fused-ring (bicyclic) bond motifs is 1. The van der Waals surface area contributed by atoms with E-state index in [1.165, 1.54) is 0 Å². The van der Waals surface area contributed by atoms with Gasteiger partial charge in [-0.05, 0) is 49.2 Å². The van der Waals surface area contributed by atoms with E-state index in [0.29, 0.717) is 28.7 Å². The van der Waals surface area contributed by atoms with Crippen molar-refractivity contribution >= 4 is 17.5 Å². The van der Waals surface area contributed by atoms with Crippen LogP contribution in [0.25, 0.3) is 11.4 Å². The Bertz CT molecular complexity index is 1310. The van der Waals surface area contributed by atoms with E-state index < -0.39 is 6.04 Å². The maximum atomic E-state index is 13.4. The van der Waals surface area contributed by atoms with Crippen molar-refractivity contribution in [2.45, 2.75) is 19.9 Å². The van der Waals surface area contributed by atoms with E-state index >= 15 is 0 Å². The molecule has 2 N–H and O–H groups in total. The highest BCUT2D eigenvalue weighted by molar-refractivity contribution is 6.05. The van der Waals surface area contributed by atoms with Crippen LogP contribution >= 0.6 is 0 Å². The molecule has 158 valence electrons. The fraction of sp³-hybridized carbons (Fsp3) is 0.125. The van der Waals surface area contributed by atoms with Crippen molar-refractivity contribution in [3.63, 3.8) is 0 Å². The summed E-state index contributed by atoms with van der Waals surface area (Å²) < 4.78 is 1.77. The number of rotatable bonds is 4. The van der Waals surface area contributed by atoms with Gasteiger partial charge in [0.25, 0.3) is 5.91 Å². The minimum atomic E-state index is -0.462. The number of nitrogens with one attached hydrogen (secondary N) is 2. The number of aryl methyl sites for hydroxylation is 1. The van der Waals surface area contributed by atoms with Gasteiger partial charge >= 0.3 is 0 Å². The Kier molecular flexibility index (Phi) is 4.95. The van der Waals surface area contributed by atoms with Gasteiger partial charge in [-0.15, -0.1) is 5.10 Å². The number of hydrogen-bond donors (Lipinski definition) is 2. The van der Waals surface area contributed by atoms with Gasteiger partial charge < -0.3 is 10.6 Å². The molecule has 8 heteroatoms. The number of aromatic nitrogens is 5. The van der Waals surface area contributed by atoms with Crippen LogP contribution in [-0.2, 0) is 4.79 Å². The zero-order chi connectivity index (χ0) is 22.1. The summed E-state index contributed by atoms with van der Waals surface area (Å²) in [4.78, 5) is 26.3. The minimum Gasteiger partial charge on any atom is -0.328 e. The van der Waals surface area contributed by atoms with Gasteiger partial charge in [-0.25, -0.2) is 4.68 Å². The first-order chi connectivity index (χ1) is 15.6. The number of amides is 1. The lowest BCUT2D eigenvalue weighted by molar-refractivity contribution is -0.113. The Morgan fingerprint density at radius 2 is 1.81 bits per heavy atom. The molecule has 0 fully saturated rings. The summed E-state index contributed by atoms with van der Waals surface area (Å²) in [7, 11) is 0. The minimum absolute atomic E-state index is 0.233. The number of benzene rings is 1. The topological polar surface area (TPSA) is 97.6 Å². The maximum Gasteiger partial charge on any atom is 0.255 e. The van der Waals surface area contributed by atoms with Crippen LogP contribution in [0.2, 0.25) is 0 Å². The number of pyridine rings is 2. The lowest BCUT2D eigenvalue weighted by Gasteiger charge is -2.28. The lowest BCUT2D eigenvalue weighted by Crippen LogP contribution is -2.31. The van der Waals surface area contributed by atoms with E-state index in [1.807, 2.05) is 50.2 Å². The summed E-state index contributed by atoms with van der Waals surface area (Å²) in [6.45, 7) is 3.90. The number of hydrogen-bond acceptors (Lipinski definition) is 6. The molecule has 1 aromatic carbocycles. The van der Waals surface area contributed by atoms with Gasteiger partial charge in [0, 0.05) is 29.9 Å². The smallest absolute Gasteiger partial charge is 0.255 e. The monoisotopic (exact) mass is 423 g/mol. The van der Waals surface area contributed by atoms with E-state index in [1.54, 1.807) is 41.6 Å². The van der Waals surface area contributed by atoms with E-state index in [-0.39, 0.29) is 5.91 Å². The molecule has 0 bridgehead atoms. The molecule has 0 radical (unpaired) electrons. The fourth-order valence-electron chi connectivity index (χ4n) is 3.87. The number of carbonyl (C=O) groups is 1. The second-order valence-corrected chi connectivity index (χ2v) is 7.56. The predicted octanol–water partition coefficient (Wildman–Crippen LogP) is 3.97. The first kappa shape index (κ1) is 19.6. The second kappa shape index (κ2) is 8.07. The lowest BCUT2D eigenvalue weighted by atomic mass is 9.96. The zero-order valence-electron chi connectivity index (χ0n) is 17.6. The molecular weight excluding hydrogens is 402 g/mol. The second-order valence-electron chi connectivity index (χ2n) is 7.56. The zero-order valence-corrected chi connectivity index (χ0v) is 17.6. The molecule has 1 unspecified atom stereocenters.